The van der Waals surface area contributed by atoms with Crippen LogP contribution in [0.1, 0.15) is 31.1 Å². The van der Waals surface area contributed by atoms with Gasteiger partial charge in [-0.05, 0) is 57.2 Å². The van der Waals surface area contributed by atoms with Gasteiger partial charge in [0.2, 0.25) is 0 Å². The molecular formula is C27H39N5O4S. The summed E-state index contributed by atoms with van der Waals surface area (Å²) in [6.45, 7) is 15.0. The third-order valence-electron chi connectivity index (χ3n) is 6.61. The number of sulfonamides is 1. The number of amides is 1. The van der Waals surface area contributed by atoms with Crippen molar-refractivity contribution in [1.82, 2.24) is 15.1 Å². The van der Waals surface area contributed by atoms with Crippen LogP contribution in [0.15, 0.2) is 53.4 Å². The molecule has 9 nitrogen and oxygen atoms in total. The van der Waals surface area contributed by atoms with Gasteiger partial charge in [-0.1, -0.05) is 12.1 Å². The van der Waals surface area contributed by atoms with Gasteiger partial charge in [-0.3, -0.25) is 19.3 Å². The predicted molar refractivity (Wildman–Crippen MR) is 147 cm³/mol. The molecule has 2 aliphatic rings. The van der Waals surface area contributed by atoms with Gasteiger partial charge in [0.15, 0.2) is 0 Å². The molecule has 1 amide bonds. The van der Waals surface area contributed by atoms with Crippen LogP contribution in [0.5, 0.6) is 0 Å². The first-order valence-electron chi connectivity index (χ1n) is 12.9. The standard InChI is InChI=1S/C27H39N5O4S/c1-27(2,3)28-26(33)22-8-10-23(11-9-22)37(34,35)29-24-6-4-5-7-25(24)32-16-14-30(15-17-32)12-13-31-18-20-36-21-19-31/h4-11,29H,12-21H2,1-3H3,(H,28,33). The zero-order chi connectivity index (χ0) is 26.5. The fraction of sp³-hybridized carbons (Fsp3) is 0.519. The molecule has 0 bridgehead atoms. The van der Waals surface area contributed by atoms with E-state index in [-0.39, 0.29) is 16.3 Å². The number of piperazine rings is 1. The van der Waals surface area contributed by atoms with E-state index in [1.807, 2.05) is 39.0 Å². The number of carbonyl (C=O) groups is 1. The molecule has 2 saturated heterocycles. The van der Waals surface area contributed by atoms with Gasteiger partial charge in [0.1, 0.15) is 0 Å². The van der Waals surface area contributed by atoms with Crippen LogP contribution in [-0.2, 0) is 14.8 Å². The van der Waals surface area contributed by atoms with E-state index in [2.05, 4.69) is 24.7 Å². The highest BCUT2D eigenvalue weighted by molar-refractivity contribution is 7.92. The van der Waals surface area contributed by atoms with Crippen molar-refractivity contribution >= 4 is 27.3 Å². The molecule has 4 rings (SSSR count). The summed E-state index contributed by atoms with van der Waals surface area (Å²) in [7, 11) is -3.82. The molecule has 0 unspecified atom stereocenters. The first-order chi connectivity index (χ1) is 17.6. The number of nitrogens with zero attached hydrogens (tertiary/aromatic N) is 3. The Balaban J connectivity index is 1.37. The number of rotatable bonds is 8. The number of nitrogens with one attached hydrogen (secondary N) is 2. The average Bonchev–Trinajstić information content (AvgIpc) is 2.88. The van der Waals surface area contributed by atoms with Crippen molar-refractivity contribution in [1.29, 1.82) is 0 Å². The molecule has 202 valence electrons. The number of carbonyl (C=O) groups excluding carboxylic acids is 1. The Hall–Kier alpha value is -2.66. The van der Waals surface area contributed by atoms with E-state index in [0.717, 1.165) is 71.3 Å². The summed E-state index contributed by atoms with van der Waals surface area (Å²) in [5.41, 5.74) is 1.47. The highest BCUT2D eigenvalue weighted by atomic mass is 32.2. The quantitative estimate of drug-likeness (QED) is 0.543. The molecule has 0 atom stereocenters. The van der Waals surface area contributed by atoms with E-state index in [1.165, 1.54) is 24.3 Å². The molecule has 0 aromatic heterocycles. The summed E-state index contributed by atoms with van der Waals surface area (Å²) >= 11 is 0. The molecule has 2 fully saturated rings. The second kappa shape index (κ2) is 11.8. The number of anilines is 2. The predicted octanol–water partition coefficient (Wildman–Crippen LogP) is 2.47. The Morgan fingerprint density at radius 2 is 1.46 bits per heavy atom. The number of morpholine rings is 1. The number of para-hydroxylation sites is 2. The van der Waals surface area contributed by atoms with Crippen molar-refractivity contribution < 1.29 is 17.9 Å². The molecule has 0 radical (unpaired) electrons. The minimum Gasteiger partial charge on any atom is -0.379 e. The van der Waals surface area contributed by atoms with Crippen molar-refractivity contribution in [3.63, 3.8) is 0 Å². The van der Waals surface area contributed by atoms with Crippen molar-refractivity contribution in [2.24, 2.45) is 0 Å². The third-order valence-corrected chi connectivity index (χ3v) is 7.99. The topological polar surface area (TPSA) is 94.2 Å². The molecule has 0 aliphatic carbocycles. The maximum Gasteiger partial charge on any atom is 0.261 e. The lowest BCUT2D eigenvalue weighted by Gasteiger charge is -2.38. The van der Waals surface area contributed by atoms with Gasteiger partial charge in [0.05, 0.1) is 29.5 Å². The highest BCUT2D eigenvalue weighted by Gasteiger charge is 2.23. The van der Waals surface area contributed by atoms with E-state index in [9.17, 15) is 13.2 Å². The lowest BCUT2D eigenvalue weighted by molar-refractivity contribution is 0.0331. The van der Waals surface area contributed by atoms with Gasteiger partial charge in [0, 0.05) is 63.5 Å². The van der Waals surface area contributed by atoms with Crippen LogP contribution in [0.3, 0.4) is 0 Å². The minimum absolute atomic E-state index is 0.113. The molecule has 2 heterocycles. The first-order valence-corrected chi connectivity index (χ1v) is 14.4. The highest BCUT2D eigenvalue weighted by Crippen LogP contribution is 2.29. The van der Waals surface area contributed by atoms with Crippen LogP contribution in [-0.4, -0.2) is 95.2 Å². The lowest BCUT2D eigenvalue weighted by Crippen LogP contribution is -2.49. The maximum atomic E-state index is 13.2. The molecule has 0 saturated carbocycles. The van der Waals surface area contributed by atoms with Crippen LogP contribution in [0.2, 0.25) is 0 Å². The van der Waals surface area contributed by atoms with Gasteiger partial charge >= 0.3 is 0 Å². The molecular weight excluding hydrogens is 490 g/mol. The second-order valence-electron chi connectivity index (χ2n) is 10.6. The smallest absolute Gasteiger partial charge is 0.261 e. The summed E-state index contributed by atoms with van der Waals surface area (Å²) in [5.74, 6) is -0.237. The Morgan fingerprint density at radius 3 is 2.08 bits per heavy atom. The lowest BCUT2D eigenvalue weighted by atomic mass is 10.1. The first kappa shape index (κ1) is 27.4. The van der Waals surface area contributed by atoms with Gasteiger partial charge < -0.3 is 15.0 Å². The summed E-state index contributed by atoms with van der Waals surface area (Å²) in [4.78, 5) is 19.7. The van der Waals surface area contributed by atoms with Gasteiger partial charge in [-0.25, -0.2) is 8.42 Å². The van der Waals surface area contributed by atoms with Crippen LogP contribution < -0.4 is 14.9 Å². The van der Waals surface area contributed by atoms with Crippen LogP contribution in [0.4, 0.5) is 11.4 Å². The summed E-state index contributed by atoms with van der Waals surface area (Å²) in [5, 5.41) is 2.88. The van der Waals surface area contributed by atoms with E-state index >= 15 is 0 Å². The van der Waals surface area contributed by atoms with Gasteiger partial charge in [0.25, 0.3) is 15.9 Å². The fourth-order valence-corrected chi connectivity index (χ4v) is 5.63. The van der Waals surface area contributed by atoms with Gasteiger partial charge in [-0.15, -0.1) is 0 Å². The largest absolute Gasteiger partial charge is 0.379 e. The molecule has 0 spiro atoms. The zero-order valence-electron chi connectivity index (χ0n) is 22.1. The van der Waals surface area contributed by atoms with Crippen LogP contribution >= 0.6 is 0 Å². The second-order valence-corrected chi connectivity index (χ2v) is 12.3. The molecule has 37 heavy (non-hydrogen) atoms. The molecule has 2 aromatic rings. The third kappa shape index (κ3) is 7.67. The fourth-order valence-electron chi connectivity index (χ4n) is 4.56. The average molecular weight is 530 g/mol. The number of benzene rings is 2. The Bertz CT molecular complexity index is 1150. The van der Waals surface area contributed by atoms with E-state index < -0.39 is 10.0 Å². The molecule has 2 aromatic carbocycles. The number of hydrogen-bond donors (Lipinski definition) is 2. The number of ether oxygens (including phenoxy) is 1. The molecule has 10 heteroatoms. The van der Waals surface area contributed by atoms with Crippen molar-refractivity contribution in [3.8, 4) is 0 Å². The SMILES string of the molecule is CC(C)(C)NC(=O)c1ccc(S(=O)(=O)Nc2ccccc2N2CCN(CCN3CCOCC3)CC2)cc1. The van der Waals surface area contributed by atoms with E-state index in [0.29, 0.717) is 11.3 Å². The zero-order valence-corrected chi connectivity index (χ0v) is 22.9. The molecule has 2 N–H and O–H groups in total. The summed E-state index contributed by atoms with van der Waals surface area (Å²) in [6.07, 6.45) is 0. The van der Waals surface area contributed by atoms with Crippen LogP contribution in [0, 0.1) is 0 Å². The Kier molecular flexibility index (Phi) is 8.74. The Labute approximate surface area is 220 Å². The summed E-state index contributed by atoms with van der Waals surface area (Å²) in [6, 6.07) is 13.5. The van der Waals surface area contributed by atoms with Crippen LogP contribution in [0.25, 0.3) is 0 Å². The summed E-state index contributed by atoms with van der Waals surface area (Å²) < 4.78 is 34.6. The van der Waals surface area contributed by atoms with E-state index in [4.69, 9.17) is 4.74 Å². The number of hydrogen-bond acceptors (Lipinski definition) is 7. The Morgan fingerprint density at radius 1 is 0.865 bits per heavy atom. The van der Waals surface area contributed by atoms with Crippen molar-refractivity contribution in [3.05, 3.63) is 54.1 Å². The van der Waals surface area contributed by atoms with Gasteiger partial charge in [-0.2, -0.15) is 0 Å². The monoisotopic (exact) mass is 529 g/mol. The normalized spacial score (nSPS) is 18.0. The van der Waals surface area contributed by atoms with Crippen molar-refractivity contribution in [2.75, 3.05) is 75.2 Å². The molecule has 2 aliphatic heterocycles. The maximum absolute atomic E-state index is 13.2. The minimum atomic E-state index is -3.82. The van der Waals surface area contributed by atoms with E-state index in [1.54, 1.807) is 6.07 Å². The van der Waals surface area contributed by atoms with Crippen molar-refractivity contribution in [2.45, 2.75) is 31.2 Å².